The quantitative estimate of drug-likeness (QED) is 0.583. The molecular formula is C14H9Cl2IN2O. The lowest BCUT2D eigenvalue weighted by Crippen LogP contribution is -2.01. The van der Waals surface area contributed by atoms with Crippen LogP contribution in [0.2, 0.25) is 10.0 Å². The van der Waals surface area contributed by atoms with Gasteiger partial charge in [-0.2, -0.15) is 5.26 Å². The van der Waals surface area contributed by atoms with Gasteiger partial charge in [0.15, 0.2) is 5.75 Å². The van der Waals surface area contributed by atoms with E-state index in [4.69, 9.17) is 38.9 Å². The second kappa shape index (κ2) is 6.53. The number of nitrogens with two attached hydrogens (primary N) is 1. The minimum absolute atomic E-state index is 0.322. The predicted molar refractivity (Wildman–Crippen MR) is 89.1 cm³/mol. The number of nitrogens with zero attached hydrogens (tertiary/aromatic N) is 1. The van der Waals surface area contributed by atoms with Crippen molar-refractivity contribution in [3.63, 3.8) is 0 Å². The van der Waals surface area contributed by atoms with Gasteiger partial charge in [-0.1, -0.05) is 29.3 Å². The van der Waals surface area contributed by atoms with Gasteiger partial charge in [-0.05, 0) is 52.4 Å². The van der Waals surface area contributed by atoms with Crippen molar-refractivity contribution in [2.45, 2.75) is 6.61 Å². The van der Waals surface area contributed by atoms with Crippen LogP contribution in [-0.2, 0) is 6.61 Å². The number of nitriles is 1. The van der Waals surface area contributed by atoms with E-state index >= 15 is 0 Å². The summed E-state index contributed by atoms with van der Waals surface area (Å²) in [6, 6.07) is 10.7. The molecule has 2 rings (SSSR count). The summed E-state index contributed by atoms with van der Waals surface area (Å²) in [5, 5.41) is 9.85. The van der Waals surface area contributed by atoms with Crippen molar-refractivity contribution in [2.24, 2.45) is 0 Å². The fourth-order valence-corrected chi connectivity index (χ4v) is 2.74. The topological polar surface area (TPSA) is 59.0 Å². The Morgan fingerprint density at radius 3 is 2.55 bits per heavy atom. The number of nitrogen functional groups attached to an aromatic ring is 1. The second-order valence-corrected chi connectivity index (χ2v) is 6.00. The molecule has 2 aromatic rings. The molecule has 0 unspecified atom stereocenters. The summed E-state index contributed by atoms with van der Waals surface area (Å²) in [5.74, 6) is 0.565. The molecule has 0 aromatic heterocycles. The zero-order chi connectivity index (χ0) is 14.7. The zero-order valence-electron chi connectivity index (χ0n) is 10.2. The number of hydrogen-bond donors (Lipinski definition) is 1. The third-order valence-electron chi connectivity index (χ3n) is 2.57. The number of benzene rings is 2. The molecule has 6 heteroatoms. The molecule has 0 heterocycles. The van der Waals surface area contributed by atoms with E-state index in [9.17, 15) is 0 Å². The summed E-state index contributed by atoms with van der Waals surface area (Å²) in [6.07, 6.45) is 0. The van der Waals surface area contributed by atoms with Gasteiger partial charge in [0, 0.05) is 0 Å². The molecule has 0 aliphatic heterocycles. The third-order valence-corrected chi connectivity index (χ3v) is 4.11. The highest BCUT2D eigenvalue weighted by Crippen LogP contribution is 2.31. The second-order valence-electron chi connectivity index (χ2n) is 4.03. The minimum Gasteiger partial charge on any atom is -0.486 e. The van der Waals surface area contributed by atoms with Crippen LogP contribution in [0.5, 0.6) is 5.75 Å². The maximum absolute atomic E-state index is 8.86. The summed E-state index contributed by atoms with van der Waals surface area (Å²) in [6.45, 7) is 0.322. The standard InChI is InChI=1S/C14H9Cl2IN2O/c15-10-2-1-8(3-11(10)16)7-20-14-12(17)4-9(6-18)5-13(14)19/h1-5H,7,19H2. The summed E-state index contributed by atoms with van der Waals surface area (Å²) >= 11 is 13.9. The Labute approximate surface area is 140 Å². The molecule has 0 aliphatic rings. The lowest BCUT2D eigenvalue weighted by atomic mass is 10.2. The highest BCUT2D eigenvalue weighted by Gasteiger charge is 2.09. The zero-order valence-corrected chi connectivity index (χ0v) is 13.8. The van der Waals surface area contributed by atoms with Crippen LogP contribution in [0.25, 0.3) is 0 Å². The van der Waals surface area contributed by atoms with Gasteiger partial charge in [-0.25, -0.2) is 0 Å². The van der Waals surface area contributed by atoms with E-state index in [2.05, 4.69) is 28.7 Å². The Hall–Kier alpha value is -1.16. The summed E-state index contributed by atoms with van der Waals surface area (Å²) < 4.78 is 6.50. The minimum atomic E-state index is 0.322. The van der Waals surface area contributed by atoms with E-state index in [1.807, 2.05) is 6.07 Å². The van der Waals surface area contributed by atoms with Gasteiger partial charge in [0.2, 0.25) is 0 Å². The van der Waals surface area contributed by atoms with Crippen molar-refractivity contribution in [3.8, 4) is 11.8 Å². The van der Waals surface area contributed by atoms with Crippen molar-refractivity contribution in [2.75, 3.05) is 5.73 Å². The molecule has 102 valence electrons. The van der Waals surface area contributed by atoms with Crippen LogP contribution in [0, 0.1) is 14.9 Å². The number of halogens is 3. The molecule has 0 atom stereocenters. The van der Waals surface area contributed by atoms with Crippen LogP contribution in [0.3, 0.4) is 0 Å². The van der Waals surface area contributed by atoms with E-state index in [0.717, 1.165) is 9.13 Å². The third kappa shape index (κ3) is 3.48. The summed E-state index contributed by atoms with van der Waals surface area (Å²) in [7, 11) is 0. The Morgan fingerprint density at radius 1 is 1.20 bits per heavy atom. The van der Waals surface area contributed by atoms with Crippen molar-refractivity contribution in [3.05, 3.63) is 55.1 Å². The monoisotopic (exact) mass is 418 g/mol. The van der Waals surface area contributed by atoms with Gasteiger partial charge < -0.3 is 10.5 Å². The highest BCUT2D eigenvalue weighted by atomic mass is 127. The normalized spacial score (nSPS) is 10.1. The fraction of sp³-hybridized carbons (Fsp3) is 0.0714. The molecule has 2 N–H and O–H groups in total. The Morgan fingerprint density at radius 2 is 1.95 bits per heavy atom. The number of ether oxygens (including phenoxy) is 1. The molecule has 3 nitrogen and oxygen atoms in total. The first-order chi connectivity index (χ1) is 9.51. The highest BCUT2D eigenvalue weighted by molar-refractivity contribution is 14.1. The number of rotatable bonds is 3. The van der Waals surface area contributed by atoms with E-state index in [0.29, 0.717) is 33.7 Å². The van der Waals surface area contributed by atoms with E-state index in [-0.39, 0.29) is 0 Å². The largest absolute Gasteiger partial charge is 0.486 e. The van der Waals surface area contributed by atoms with Crippen LogP contribution in [0.15, 0.2) is 30.3 Å². The number of anilines is 1. The van der Waals surface area contributed by atoms with Crippen LogP contribution >= 0.6 is 45.8 Å². The van der Waals surface area contributed by atoms with Gasteiger partial charge in [0.05, 0.1) is 30.9 Å². The van der Waals surface area contributed by atoms with E-state index < -0.39 is 0 Å². The molecular weight excluding hydrogens is 410 g/mol. The lowest BCUT2D eigenvalue weighted by Gasteiger charge is -2.11. The first kappa shape index (κ1) is 15.2. The molecule has 0 fully saturated rings. The first-order valence-electron chi connectivity index (χ1n) is 5.57. The van der Waals surface area contributed by atoms with Gasteiger partial charge >= 0.3 is 0 Å². The molecule has 0 spiro atoms. The predicted octanol–water partition coefficient (Wildman–Crippen LogP) is 4.63. The van der Waals surface area contributed by atoms with Crippen LogP contribution in [0.1, 0.15) is 11.1 Å². The Kier molecular flexibility index (Phi) is 4.97. The average molecular weight is 419 g/mol. The summed E-state index contributed by atoms with van der Waals surface area (Å²) in [5.41, 5.74) is 7.72. The van der Waals surface area contributed by atoms with Crippen LogP contribution < -0.4 is 10.5 Å². The summed E-state index contributed by atoms with van der Waals surface area (Å²) in [4.78, 5) is 0. The van der Waals surface area contributed by atoms with Gasteiger partial charge in [-0.3, -0.25) is 0 Å². The molecule has 20 heavy (non-hydrogen) atoms. The van der Waals surface area contributed by atoms with Crippen LogP contribution in [-0.4, -0.2) is 0 Å². The molecule has 0 saturated heterocycles. The lowest BCUT2D eigenvalue weighted by molar-refractivity contribution is 0.306. The maximum Gasteiger partial charge on any atom is 0.156 e. The van der Waals surface area contributed by atoms with Crippen molar-refractivity contribution in [1.29, 1.82) is 5.26 Å². The molecule has 0 amide bonds. The molecule has 0 bridgehead atoms. The number of hydrogen-bond acceptors (Lipinski definition) is 3. The first-order valence-corrected chi connectivity index (χ1v) is 7.40. The smallest absolute Gasteiger partial charge is 0.156 e. The van der Waals surface area contributed by atoms with Crippen molar-refractivity contribution in [1.82, 2.24) is 0 Å². The van der Waals surface area contributed by atoms with Gasteiger partial charge in [-0.15, -0.1) is 0 Å². The van der Waals surface area contributed by atoms with Gasteiger partial charge in [0.25, 0.3) is 0 Å². The van der Waals surface area contributed by atoms with E-state index in [1.54, 1.807) is 24.3 Å². The molecule has 0 saturated carbocycles. The average Bonchev–Trinajstić information content (AvgIpc) is 2.41. The van der Waals surface area contributed by atoms with Crippen LogP contribution in [0.4, 0.5) is 5.69 Å². The maximum atomic E-state index is 8.86. The Bertz CT molecular complexity index is 675. The molecule has 2 aromatic carbocycles. The van der Waals surface area contributed by atoms with Crippen molar-refractivity contribution < 1.29 is 4.74 Å². The van der Waals surface area contributed by atoms with E-state index in [1.165, 1.54) is 0 Å². The Balaban J connectivity index is 2.19. The molecule has 0 aliphatic carbocycles. The fourth-order valence-electron chi connectivity index (χ4n) is 1.62. The van der Waals surface area contributed by atoms with Crippen molar-refractivity contribution >= 4 is 51.5 Å². The van der Waals surface area contributed by atoms with Gasteiger partial charge in [0.1, 0.15) is 6.61 Å². The SMILES string of the molecule is N#Cc1cc(N)c(OCc2ccc(Cl)c(Cl)c2)c(I)c1. The molecule has 0 radical (unpaired) electrons.